The van der Waals surface area contributed by atoms with E-state index in [-0.39, 0.29) is 120 Å². The van der Waals surface area contributed by atoms with Gasteiger partial charge in [-0.15, -0.1) is 0 Å². The van der Waals surface area contributed by atoms with Gasteiger partial charge >= 0.3 is 5.97 Å². The number of aliphatic hydroxyl groups excluding tert-OH is 2. The minimum atomic E-state index is -1.82. The highest BCUT2D eigenvalue weighted by Gasteiger charge is 2.37. The molecule has 1 aromatic carbocycles. The Morgan fingerprint density at radius 1 is 0.468 bits per heavy atom. The molecule has 94 heavy (non-hydrogen) atoms. The molecule has 0 fully saturated rings. The third-order valence-corrected chi connectivity index (χ3v) is 14.1. The second-order valence-electron chi connectivity index (χ2n) is 22.2. The largest absolute Gasteiger partial charge is 0.480 e. The number of aliphatic imine (C=N–C) groups is 3. The number of aliphatic carboxylic acids is 1. The fourth-order valence-electron chi connectivity index (χ4n) is 8.85. The molecule has 0 saturated heterocycles. The molecule has 1 rings (SSSR count). The number of carbonyl (C=O) groups excluding carboxylic acids is 11. The number of primary amides is 1. The van der Waals surface area contributed by atoms with Crippen LogP contribution in [0.5, 0.6) is 0 Å². The molecular weight excluding hydrogens is 1250 g/mol. The van der Waals surface area contributed by atoms with Gasteiger partial charge in [0.2, 0.25) is 65.0 Å². The summed E-state index contributed by atoms with van der Waals surface area (Å²) in [4.78, 5) is 174. The third kappa shape index (κ3) is 34.0. The number of nitrogens with two attached hydrogens (primary N) is 9. The van der Waals surface area contributed by atoms with Gasteiger partial charge in [-0.25, -0.2) is 4.79 Å². The summed E-state index contributed by atoms with van der Waals surface area (Å²) in [6.07, 6.45) is -2.54. The van der Waals surface area contributed by atoms with Crippen molar-refractivity contribution in [3.8, 4) is 0 Å². The molecule has 0 saturated carbocycles. The van der Waals surface area contributed by atoms with Gasteiger partial charge in [0.15, 0.2) is 17.9 Å². The van der Waals surface area contributed by atoms with Gasteiger partial charge < -0.3 is 120 Å². The number of nitrogens with one attached hydrogen (secondary N) is 10. The lowest BCUT2D eigenvalue weighted by Crippen LogP contribution is -2.61. The van der Waals surface area contributed by atoms with E-state index >= 15 is 0 Å². The van der Waals surface area contributed by atoms with Crippen LogP contribution < -0.4 is 105 Å². The van der Waals surface area contributed by atoms with E-state index < -0.39 is 163 Å². The summed E-state index contributed by atoms with van der Waals surface area (Å²) in [5.74, 6) is -13.6. The molecule has 11 amide bonds. The van der Waals surface area contributed by atoms with E-state index in [0.717, 1.165) is 6.92 Å². The fourth-order valence-corrected chi connectivity index (χ4v) is 9.11. The van der Waals surface area contributed by atoms with E-state index in [4.69, 9.17) is 51.6 Å². The number of guanidine groups is 3. The van der Waals surface area contributed by atoms with Crippen molar-refractivity contribution < 1.29 is 72.9 Å². The van der Waals surface area contributed by atoms with E-state index in [1.165, 1.54) is 0 Å². The zero-order valence-corrected chi connectivity index (χ0v) is 54.1. The summed E-state index contributed by atoms with van der Waals surface area (Å²) >= 11 is 4.23. The van der Waals surface area contributed by atoms with Crippen LogP contribution in [0.3, 0.4) is 0 Å². The molecule has 0 unspecified atom stereocenters. The van der Waals surface area contributed by atoms with Gasteiger partial charge in [0, 0.05) is 38.2 Å². The molecular formula is C56H98N22O15S. The van der Waals surface area contributed by atoms with Crippen molar-refractivity contribution in [1.29, 1.82) is 0 Å². The highest BCUT2D eigenvalue weighted by Crippen LogP contribution is 2.13. The van der Waals surface area contributed by atoms with Gasteiger partial charge in [-0.1, -0.05) is 44.2 Å². The molecule has 528 valence electrons. The number of unbranched alkanes of at least 4 members (excludes halogenated alkanes) is 1. The Bertz CT molecular complexity index is 2730. The summed E-state index contributed by atoms with van der Waals surface area (Å²) in [6.45, 7) is 2.95. The average molecular weight is 1350 g/mol. The van der Waals surface area contributed by atoms with Crippen LogP contribution in [0.15, 0.2) is 45.3 Å². The van der Waals surface area contributed by atoms with E-state index in [2.05, 4.69) is 80.8 Å². The maximum Gasteiger partial charge on any atom is 0.326 e. The van der Waals surface area contributed by atoms with E-state index in [0.29, 0.717) is 12.0 Å². The van der Waals surface area contributed by atoms with Crippen LogP contribution in [0.1, 0.15) is 103 Å². The molecule has 37 nitrogen and oxygen atoms in total. The molecule has 0 aliphatic rings. The fraction of sp³-hybridized carbons (Fsp3) is 0.625. The number of rotatable bonds is 47. The number of carboxylic acid groups (broad SMARTS) is 1. The van der Waals surface area contributed by atoms with Gasteiger partial charge in [-0.3, -0.25) is 67.7 Å². The molecule has 0 heterocycles. The lowest BCUT2D eigenvalue weighted by Gasteiger charge is -2.28. The van der Waals surface area contributed by atoms with Crippen molar-refractivity contribution in [1.82, 2.24) is 53.2 Å². The molecule has 0 aliphatic heterocycles. The second kappa shape index (κ2) is 45.2. The van der Waals surface area contributed by atoms with Crippen molar-refractivity contribution in [2.75, 3.05) is 45.1 Å². The maximum atomic E-state index is 14.6. The molecule has 38 heteroatoms. The lowest BCUT2D eigenvalue weighted by molar-refractivity contribution is -0.142. The Morgan fingerprint density at radius 2 is 0.830 bits per heavy atom. The van der Waals surface area contributed by atoms with Gasteiger partial charge in [-0.05, 0) is 95.6 Å². The van der Waals surface area contributed by atoms with Crippen molar-refractivity contribution in [2.45, 2.75) is 171 Å². The lowest BCUT2D eigenvalue weighted by atomic mass is 10.0. The molecule has 11 atom stereocenters. The number of carbonyl (C=O) groups is 12. The maximum absolute atomic E-state index is 14.6. The van der Waals surface area contributed by atoms with E-state index in [1.807, 2.05) is 0 Å². The summed E-state index contributed by atoms with van der Waals surface area (Å²) < 4.78 is 0. The van der Waals surface area contributed by atoms with Crippen molar-refractivity contribution >= 4 is 101 Å². The smallest absolute Gasteiger partial charge is 0.326 e. The minimum absolute atomic E-state index is 0.0242. The number of amides is 11. The second-order valence-corrected chi connectivity index (χ2v) is 22.6. The van der Waals surface area contributed by atoms with Gasteiger partial charge in [-0.2, -0.15) is 12.6 Å². The highest BCUT2D eigenvalue weighted by molar-refractivity contribution is 7.80. The van der Waals surface area contributed by atoms with E-state index in [1.54, 1.807) is 44.2 Å². The molecule has 0 bridgehead atoms. The van der Waals surface area contributed by atoms with E-state index in [9.17, 15) is 72.9 Å². The Kier molecular flexibility index (Phi) is 39.9. The van der Waals surface area contributed by atoms with Crippen LogP contribution in [-0.2, 0) is 64.0 Å². The standard InChI is InChI=1S/C56H98N22O15S/c1-29(2)24-37(74-50(89)39(27-79)76-48(87)36(18-19-41(59)81)73-52(91)43(30(3)80)78-42(82)26-58)49(88)72-32(14-7-8-20-57)44(83)69-33(15-9-21-66-54(60)61)45(84)70-34(16-10-22-67-55(62)63)46(85)71-35(17-11-23-68-56(64)65)47(86)77-40(28-94)51(90)75-38(53(92)93)25-31-12-5-4-6-13-31/h4-6,12-13,29-30,32-40,43,79-80,94H,7-11,14-28,57-58H2,1-3H3,(H2,59,81)(H,69,83)(H,70,84)(H,71,85)(H,72,88)(H,73,91)(H,74,89)(H,75,90)(H,76,87)(H,77,86)(H,78,82)(H,92,93)(H4,60,61,66)(H4,62,63,67)(H4,64,65,68)/t30-,32+,33+,34+,35+,36+,37+,38+,39+,40+,43+/m1/s1. The molecule has 31 N–H and O–H groups in total. The Hall–Kier alpha value is -9.14. The summed E-state index contributed by atoms with van der Waals surface area (Å²) in [7, 11) is 0. The van der Waals surface area contributed by atoms with Crippen LogP contribution >= 0.6 is 12.6 Å². The zero-order valence-electron chi connectivity index (χ0n) is 53.2. The SMILES string of the molecule is CC(C)C[C@H](NC(=O)[C@H](CO)NC(=O)[C@H](CCC(N)=O)NC(=O)[C@@H](NC(=O)CN)[C@@H](C)O)C(=O)N[C@@H](CCCCN)C(=O)N[C@@H](CCCN=C(N)N)C(=O)N[C@@H](CCCN=C(N)N)C(=O)N[C@@H](CCCN=C(N)N)C(=O)N[C@@H](CS)C(=O)N[C@@H](Cc1ccccc1)C(=O)O. The Labute approximate surface area is 549 Å². The van der Waals surface area contributed by atoms with Crippen LogP contribution in [0, 0.1) is 5.92 Å². The number of aliphatic hydroxyl groups is 2. The topological polar surface area (TPSA) is 657 Å². The first-order valence-electron chi connectivity index (χ1n) is 30.4. The van der Waals surface area contributed by atoms with Crippen molar-refractivity contribution in [2.24, 2.45) is 72.5 Å². The first kappa shape index (κ1) is 82.9. The first-order chi connectivity index (χ1) is 44.4. The number of nitrogens with zero attached hydrogens (tertiary/aromatic N) is 3. The van der Waals surface area contributed by atoms with Crippen LogP contribution in [0.4, 0.5) is 0 Å². The molecule has 0 aliphatic carbocycles. The highest BCUT2D eigenvalue weighted by atomic mass is 32.1. The number of carboxylic acids is 1. The third-order valence-electron chi connectivity index (χ3n) is 13.8. The molecule has 1 aromatic rings. The Balaban J connectivity index is 3.72. The van der Waals surface area contributed by atoms with Crippen LogP contribution in [0.25, 0.3) is 0 Å². The van der Waals surface area contributed by atoms with Crippen molar-refractivity contribution in [3.05, 3.63) is 35.9 Å². The molecule has 0 radical (unpaired) electrons. The monoisotopic (exact) mass is 1350 g/mol. The van der Waals surface area contributed by atoms with Crippen LogP contribution in [0.2, 0.25) is 0 Å². The van der Waals surface area contributed by atoms with Gasteiger partial charge in [0.05, 0.1) is 19.3 Å². The quantitative estimate of drug-likeness (QED) is 0.0125. The Morgan fingerprint density at radius 3 is 1.20 bits per heavy atom. The summed E-state index contributed by atoms with van der Waals surface area (Å²) in [6, 6.07) is -6.94. The predicted octanol–water partition coefficient (Wildman–Crippen LogP) is -8.98. The number of thiol groups is 1. The van der Waals surface area contributed by atoms with Gasteiger partial charge in [0.1, 0.15) is 60.4 Å². The first-order valence-corrected chi connectivity index (χ1v) is 31.0. The van der Waals surface area contributed by atoms with Crippen LogP contribution in [-0.4, -0.2) is 216 Å². The number of hydrogen-bond acceptors (Lipinski definition) is 20. The molecule has 0 spiro atoms. The normalized spacial score (nSPS) is 14.4. The summed E-state index contributed by atoms with van der Waals surface area (Å²) in [5, 5.41) is 55.2. The van der Waals surface area contributed by atoms with Gasteiger partial charge in [0.25, 0.3) is 0 Å². The minimum Gasteiger partial charge on any atom is -0.480 e. The molecule has 0 aromatic heterocycles. The van der Waals surface area contributed by atoms with Crippen molar-refractivity contribution in [3.63, 3.8) is 0 Å². The average Bonchev–Trinajstić information content (AvgIpc) is 0.914. The summed E-state index contributed by atoms with van der Waals surface area (Å²) in [5.41, 5.74) is 50.3. The number of hydrogen-bond donors (Lipinski definition) is 23. The number of benzene rings is 1. The predicted molar refractivity (Wildman–Crippen MR) is 349 cm³/mol. The zero-order chi connectivity index (χ0) is 71.0.